The first-order chi connectivity index (χ1) is 9.69. The number of rotatable bonds is 3. The normalized spacial score (nSPS) is 30.1. The summed E-state index contributed by atoms with van der Waals surface area (Å²) in [7, 11) is -4.48. The van der Waals surface area contributed by atoms with E-state index in [-0.39, 0.29) is 0 Å². The second-order valence-electron chi connectivity index (χ2n) is 4.37. The maximum atomic E-state index is 14.0. The van der Waals surface area contributed by atoms with Crippen LogP contribution in [-0.4, -0.2) is 42.8 Å². The van der Waals surface area contributed by atoms with Crippen molar-refractivity contribution in [2.24, 2.45) is 0 Å². The van der Waals surface area contributed by atoms with Crippen LogP contribution >= 0.6 is 7.60 Å². The van der Waals surface area contributed by atoms with Crippen LogP contribution in [0.4, 0.5) is 4.39 Å². The average molecular weight is 322 g/mol. The molecule has 4 atom stereocenters. The first kappa shape index (κ1) is 15.8. The maximum absolute atomic E-state index is 14.0. The lowest BCUT2D eigenvalue weighted by molar-refractivity contribution is -0.00698. The van der Waals surface area contributed by atoms with Crippen molar-refractivity contribution in [2.45, 2.75) is 24.6 Å². The molecular formula is C10H12FN2O7P. The highest BCUT2D eigenvalue weighted by Crippen LogP contribution is 2.38. The topological polar surface area (TPSA) is 142 Å². The van der Waals surface area contributed by atoms with E-state index in [1.165, 1.54) is 0 Å². The van der Waals surface area contributed by atoms with Crippen molar-refractivity contribution < 1.29 is 28.6 Å². The summed E-state index contributed by atoms with van der Waals surface area (Å²) in [5, 5.41) is 9.64. The number of alkyl halides is 1. The van der Waals surface area contributed by atoms with Gasteiger partial charge in [-0.25, -0.2) is 9.18 Å². The van der Waals surface area contributed by atoms with E-state index in [1.54, 1.807) is 0 Å². The molecule has 0 aromatic carbocycles. The van der Waals surface area contributed by atoms with Crippen LogP contribution in [0.5, 0.6) is 0 Å². The third-order valence-electron chi connectivity index (χ3n) is 2.83. The van der Waals surface area contributed by atoms with Gasteiger partial charge in [-0.15, -0.1) is 0 Å². The lowest BCUT2D eigenvalue weighted by atomic mass is 10.1. The molecule has 9 nitrogen and oxygen atoms in total. The molecule has 1 saturated heterocycles. The second-order valence-corrected chi connectivity index (χ2v) is 5.85. The van der Waals surface area contributed by atoms with Crippen molar-refractivity contribution in [1.82, 2.24) is 9.55 Å². The molecule has 21 heavy (non-hydrogen) atoms. The van der Waals surface area contributed by atoms with Gasteiger partial charge in [-0.05, 0) is 6.08 Å². The van der Waals surface area contributed by atoms with E-state index in [1.807, 2.05) is 4.98 Å². The van der Waals surface area contributed by atoms with Gasteiger partial charge in [0.15, 0.2) is 12.4 Å². The van der Waals surface area contributed by atoms with Gasteiger partial charge < -0.3 is 19.6 Å². The van der Waals surface area contributed by atoms with Crippen molar-refractivity contribution in [3.05, 3.63) is 45.0 Å². The largest absolute Gasteiger partial charge is 0.387 e. The summed E-state index contributed by atoms with van der Waals surface area (Å²) in [6.45, 7) is 0. The first-order valence-corrected chi connectivity index (χ1v) is 7.41. The minimum atomic E-state index is -4.48. The van der Waals surface area contributed by atoms with Gasteiger partial charge in [0.05, 0.1) is 0 Å². The van der Waals surface area contributed by atoms with Crippen LogP contribution in [0.25, 0.3) is 0 Å². The Bertz CT molecular complexity index is 708. The standard InChI is InChI=1S/C10H12FN2O7P/c11-7-8(15)5(2-4-21(17,18)19)20-9(7)13-3-1-6(14)12-10(13)16/h1-5,7-9,15H,(H,12,14,16)(H2,17,18,19)/b4-2+. The van der Waals surface area contributed by atoms with Gasteiger partial charge in [0.2, 0.25) is 0 Å². The van der Waals surface area contributed by atoms with Crippen LogP contribution in [0.15, 0.2) is 33.7 Å². The Hall–Kier alpha value is -1.58. The molecule has 4 N–H and O–H groups in total. The number of nitrogens with one attached hydrogen (secondary N) is 1. The van der Waals surface area contributed by atoms with Gasteiger partial charge in [0.25, 0.3) is 5.56 Å². The molecule has 0 bridgehead atoms. The highest BCUT2D eigenvalue weighted by molar-refractivity contribution is 7.55. The van der Waals surface area contributed by atoms with Gasteiger partial charge in [-0.3, -0.25) is 18.9 Å². The van der Waals surface area contributed by atoms with E-state index in [0.717, 1.165) is 22.9 Å². The van der Waals surface area contributed by atoms with E-state index >= 15 is 0 Å². The van der Waals surface area contributed by atoms with Gasteiger partial charge in [-0.1, -0.05) is 0 Å². The predicted molar refractivity (Wildman–Crippen MR) is 67.3 cm³/mol. The van der Waals surface area contributed by atoms with Gasteiger partial charge in [-0.2, -0.15) is 0 Å². The van der Waals surface area contributed by atoms with Crippen LogP contribution in [0.1, 0.15) is 6.23 Å². The molecule has 11 heteroatoms. The summed E-state index contributed by atoms with van der Waals surface area (Å²) in [6.07, 6.45) is -4.75. The molecule has 1 aliphatic heterocycles. The number of hydrogen-bond acceptors (Lipinski definition) is 5. The van der Waals surface area contributed by atoms with E-state index in [0.29, 0.717) is 5.82 Å². The van der Waals surface area contributed by atoms with Crippen molar-refractivity contribution in [3.8, 4) is 0 Å². The summed E-state index contributed by atoms with van der Waals surface area (Å²) < 4.78 is 30.5. The van der Waals surface area contributed by atoms with Crippen molar-refractivity contribution >= 4 is 7.60 Å². The highest BCUT2D eigenvalue weighted by atomic mass is 31.2. The molecule has 2 rings (SSSR count). The molecule has 116 valence electrons. The summed E-state index contributed by atoms with van der Waals surface area (Å²) in [4.78, 5) is 41.7. The lowest BCUT2D eigenvalue weighted by Gasteiger charge is -2.14. The molecule has 0 aliphatic carbocycles. The second kappa shape index (κ2) is 5.66. The fourth-order valence-electron chi connectivity index (χ4n) is 1.87. The molecule has 0 amide bonds. The maximum Gasteiger partial charge on any atom is 0.348 e. The van der Waals surface area contributed by atoms with Crippen molar-refractivity contribution in [1.29, 1.82) is 0 Å². The molecule has 4 unspecified atom stereocenters. The van der Waals surface area contributed by atoms with Gasteiger partial charge >= 0.3 is 13.3 Å². The molecule has 1 aromatic rings. The third-order valence-corrected chi connectivity index (χ3v) is 3.39. The number of ether oxygens (including phenoxy) is 1. The number of aliphatic hydroxyl groups is 1. The zero-order valence-corrected chi connectivity index (χ0v) is 11.3. The number of nitrogens with zero attached hydrogens (tertiary/aromatic N) is 1. The van der Waals surface area contributed by atoms with Crippen LogP contribution in [0.2, 0.25) is 0 Å². The highest BCUT2D eigenvalue weighted by Gasteiger charge is 2.44. The molecular weight excluding hydrogens is 310 g/mol. The smallest absolute Gasteiger partial charge is 0.348 e. The Morgan fingerprint density at radius 3 is 2.67 bits per heavy atom. The van der Waals surface area contributed by atoms with E-state index < -0.39 is 43.5 Å². The Kier molecular flexibility index (Phi) is 4.26. The summed E-state index contributed by atoms with van der Waals surface area (Å²) in [5.41, 5.74) is -1.61. The molecule has 1 aliphatic rings. The third kappa shape index (κ3) is 3.55. The number of aromatic nitrogens is 2. The predicted octanol–water partition coefficient (Wildman–Crippen LogP) is -1.18. The number of H-pyrrole nitrogens is 1. The number of aromatic amines is 1. The van der Waals surface area contributed by atoms with E-state index in [2.05, 4.69) is 0 Å². The number of aliphatic hydroxyl groups excluding tert-OH is 1. The Balaban J connectivity index is 2.28. The van der Waals surface area contributed by atoms with Crippen molar-refractivity contribution in [2.75, 3.05) is 0 Å². The Morgan fingerprint density at radius 1 is 1.43 bits per heavy atom. The fourth-order valence-corrected chi connectivity index (χ4v) is 2.26. The number of halogens is 1. The molecule has 0 radical (unpaired) electrons. The summed E-state index contributed by atoms with van der Waals surface area (Å²) in [6, 6.07) is 0.975. The zero-order valence-electron chi connectivity index (χ0n) is 10.4. The summed E-state index contributed by atoms with van der Waals surface area (Å²) >= 11 is 0. The first-order valence-electron chi connectivity index (χ1n) is 5.73. The SMILES string of the molecule is O=c1ccn(C2OC(/C=C/P(=O)(O)O)C(O)C2F)c(=O)[nH]1. The van der Waals surface area contributed by atoms with Crippen LogP contribution < -0.4 is 11.2 Å². The lowest BCUT2D eigenvalue weighted by Crippen LogP contribution is -2.35. The molecule has 2 heterocycles. The van der Waals surface area contributed by atoms with Gasteiger partial charge in [0.1, 0.15) is 12.2 Å². The van der Waals surface area contributed by atoms with Gasteiger partial charge in [0, 0.05) is 18.1 Å². The van der Waals surface area contributed by atoms with Crippen molar-refractivity contribution in [3.63, 3.8) is 0 Å². The van der Waals surface area contributed by atoms with Crippen LogP contribution in [0.3, 0.4) is 0 Å². The Labute approximate surface area is 116 Å². The molecule has 1 aromatic heterocycles. The average Bonchev–Trinajstić information content (AvgIpc) is 2.64. The molecule has 0 saturated carbocycles. The Morgan fingerprint density at radius 2 is 2.10 bits per heavy atom. The minimum Gasteiger partial charge on any atom is -0.387 e. The fraction of sp³-hybridized carbons (Fsp3) is 0.400. The minimum absolute atomic E-state index is 0.478. The monoisotopic (exact) mass is 322 g/mol. The van der Waals surface area contributed by atoms with E-state index in [4.69, 9.17) is 14.5 Å². The quantitative estimate of drug-likeness (QED) is 0.513. The molecule has 1 fully saturated rings. The van der Waals surface area contributed by atoms with E-state index in [9.17, 15) is 23.7 Å². The number of hydrogen-bond donors (Lipinski definition) is 4. The zero-order chi connectivity index (χ0) is 15.8. The molecule has 0 spiro atoms. The van der Waals surface area contributed by atoms with Crippen LogP contribution in [-0.2, 0) is 9.30 Å². The van der Waals surface area contributed by atoms with Crippen LogP contribution in [0, 0.1) is 0 Å². The summed E-state index contributed by atoms with van der Waals surface area (Å²) in [5.74, 6) is 0.478.